The molecule has 4 rings (SSSR count). The molecule has 0 atom stereocenters. The number of aromatic nitrogens is 1. The number of fused-ring (bicyclic) bond motifs is 1. The Balaban J connectivity index is 1.34. The first kappa shape index (κ1) is 17.7. The van der Waals surface area contributed by atoms with Crippen molar-refractivity contribution in [3.8, 4) is 5.75 Å². The van der Waals surface area contributed by atoms with E-state index >= 15 is 0 Å². The summed E-state index contributed by atoms with van der Waals surface area (Å²) in [6, 6.07) is 18.6. The number of hydrogen-bond donors (Lipinski definition) is 0. The van der Waals surface area contributed by atoms with E-state index in [9.17, 15) is 4.79 Å². The summed E-state index contributed by atoms with van der Waals surface area (Å²) in [6.07, 6.45) is 2.00. The summed E-state index contributed by atoms with van der Waals surface area (Å²) in [6.45, 7) is 3.74. The second kappa shape index (κ2) is 7.47. The van der Waals surface area contributed by atoms with Crippen LogP contribution in [0.3, 0.4) is 0 Å². The zero-order chi connectivity index (χ0) is 18.8. The molecule has 0 radical (unpaired) electrons. The summed E-state index contributed by atoms with van der Waals surface area (Å²) < 4.78 is 7.95. The second-order valence-electron chi connectivity index (χ2n) is 7.44. The minimum atomic E-state index is 0.0751. The molecule has 0 aliphatic carbocycles. The zero-order valence-corrected chi connectivity index (χ0v) is 16.0. The molecule has 1 amide bonds. The predicted molar refractivity (Wildman–Crippen MR) is 108 cm³/mol. The van der Waals surface area contributed by atoms with Crippen LogP contribution in [0.4, 0.5) is 0 Å². The highest BCUT2D eigenvalue weighted by Crippen LogP contribution is 2.31. The SMILES string of the molecule is Cc1ccc(OCC(=O)N2CCC(c3cc4ccccc4n3C)CC2)cc1. The molecule has 1 aliphatic rings. The van der Waals surface area contributed by atoms with E-state index in [4.69, 9.17) is 4.74 Å². The molecule has 2 heterocycles. The molecule has 2 aromatic carbocycles. The van der Waals surface area contributed by atoms with E-state index in [1.807, 2.05) is 36.1 Å². The maximum absolute atomic E-state index is 12.5. The van der Waals surface area contributed by atoms with Gasteiger partial charge in [0.25, 0.3) is 5.91 Å². The average Bonchev–Trinajstić information content (AvgIpc) is 3.04. The number of benzene rings is 2. The lowest BCUT2D eigenvalue weighted by Gasteiger charge is -2.32. The standard InChI is InChI=1S/C23H26N2O2/c1-17-7-9-20(10-8-17)27-16-23(26)25-13-11-18(12-14-25)22-15-19-5-3-4-6-21(19)24(22)2/h3-10,15,18H,11-14,16H2,1-2H3. The van der Waals surface area contributed by atoms with Crippen molar-refractivity contribution in [2.45, 2.75) is 25.7 Å². The van der Waals surface area contributed by atoms with Gasteiger partial charge in [0.15, 0.2) is 6.61 Å². The van der Waals surface area contributed by atoms with Crippen molar-refractivity contribution in [2.24, 2.45) is 7.05 Å². The van der Waals surface area contributed by atoms with Crippen molar-refractivity contribution in [2.75, 3.05) is 19.7 Å². The zero-order valence-electron chi connectivity index (χ0n) is 16.0. The fourth-order valence-electron chi connectivity index (χ4n) is 4.00. The molecule has 1 aromatic heterocycles. The monoisotopic (exact) mass is 362 g/mol. The molecule has 1 aliphatic heterocycles. The first-order valence-corrected chi connectivity index (χ1v) is 9.63. The summed E-state index contributed by atoms with van der Waals surface area (Å²) >= 11 is 0. The normalized spacial score (nSPS) is 15.3. The molecule has 1 saturated heterocycles. The molecule has 140 valence electrons. The number of amides is 1. The van der Waals surface area contributed by atoms with E-state index in [1.54, 1.807) is 0 Å². The lowest BCUT2D eigenvalue weighted by Crippen LogP contribution is -2.40. The van der Waals surface area contributed by atoms with Crippen LogP contribution in [0.5, 0.6) is 5.75 Å². The molecule has 0 unspecified atom stereocenters. The Kier molecular flexibility index (Phi) is 4.88. The van der Waals surface area contributed by atoms with Crippen LogP contribution in [0, 0.1) is 6.92 Å². The second-order valence-corrected chi connectivity index (χ2v) is 7.44. The average molecular weight is 362 g/mol. The molecule has 0 saturated carbocycles. The predicted octanol–water partition coefficient (Wildman–Crippen LogP) is 4.27. The van der Waals surface area contributed by atoms with Gasteiger partial charge in [0.2, 0.25) is 0 Å². The van der Waals surface area contributed by atoms with Gasteiger partial charge < -0.3 is 14.2 Å². The number of carbonyl (C=O) groups is 1. The Bertz CT molecular complexity index is 935. The maximum atomic E-state index is 12.5. The van der Waals surface area contributed by atoms with Gasteiger partial charge in [0.1, 0.15) is 5.75 Å². The third kappa shape index (κ3) is 3.70. The Morgan fingerprint density at radius 3 is 2.48 bits per heavy atom. The number of nitrogens with zero attached hydrogens (tertiary/aromatic N) is 2. The number of ether oxygens (including phenoxy) is 1. The van der Waals surface area contributed by atoms with Crippen molar-refractivity contribution >= 4 is 16.8 Å². The Morgan fingerprint density at radius 1 is 1.07 bits per heavy atom. The van der Waals surface area contributed by atoms with Crippen LogP contribution in [-0.4, -0.2) is 35.1 Å². The summed E-state index contributed by atoms with van der Waals surface area (Å²) in [5, 5.41) is 1.29. The molecule has 4 heteroatoms. The smallest absolute Gasteiger partial charge is 0.260 e. The molecular formula is C23H26N2O2. The summed E-state index contributed by atoms with van der Waals surface area (Å²) in [5.74, 6) is 1.33. The number of aryl methyl sites for hydroxylation is 2. The van der Waals surface area contributed by atoms with Crippen molar-refractivity contribution in [1.29, 1.82) is 0 Å². The van der Waals surface area contributed by atoms with E-state index in [1.165, 1.54) is 22.2 Å². The van der Waals surface area contributed by atoms with E-state index in [-0.39, 0.29) is 12.5 Å². The summed E-state index contributed by atoms with van der Waals surface area (Å²) in [7, 11) is 2.14. The van der Waals surface area contributed by atoms with Crippen LogP contribution in [0.2, 0.25) is 0 Å². The number of hydrogen-bond acceptors (Lipinski definition) is 2. The number of para-hydroxylation sites is 1. The molecule has 0 N–H and O–H groups in total. The van der Waals surface area contributed by atoms with E-state index in [0.29, 0.717) is 5.92 Å². The summed E-state index contributed by atoms with van der Waals surface area (Å²) in [4.78, 5) is 14.4. The van der Waals surface area contributed by atoms with Gasteiger partial charge in [0.05, 0.1) is 0 Å². The Hall–Kier alpha value is -2.75. The van der Waals surface area contributed by atoms with Crippen LogP contribution in [-0.2, 0) is 11.8 Å². The first-order chi connectivity index (χ1) is 13.1. The van der Waals surface area contributed by atoms with Crippen LogP contribution in [0.1, 0.15) is 30.0 Å². The maximum Gasteiger partial charge on any atom is 0.260 e. The topological polar surface area (TPSA) is 34.5 Å². The lowest BCUT2D eigenvalue weighted by molar-refractivity contribution is -0.134. The van der Waals surface area contributed by atoms with Gasteiger partial charge in [-0.25, -0.2) is 0 Å². The van der Waals surface area contributed by atoms with Crippen LogP contribution < -0.4 is 4.74 Å². The number of rotatable bonds is 4. The third-order valence-corrected chi connectivity index (χ3v) is 5.64. The fourth-order valence-corrected chi connectivity index (χ4v) is 4.00. The molecule has 0 spiro atoms. The van der Waals surface area contributed by atoms with Crippen molar-refractivity contribution in [1.82, 2.24) is 9.47 Å². The number of carbonyl (C=O) groups excluding carboxylic acids is 1. The third-order valence-electron chi connectivity index (χ3n) is 5.64. The first-order valence-electron chi connectivity index (χ1n) is 9.63. The van der Waals surface area contributed by atoms with Gasteiger partial charge in [0, 0.05) is 37.3 Å². The van der Waals surface area contributed by atoms with Gasteiger partial charge in [-0.05, 0) is 49.4 Å². The quantitative estimate of drug-likeness (QED) is 0.695. The highest BCUT2D eigenvalue weighted by atomic mass is 16.5. The number of likely N-dealkylation sites (tertiary alicyclic amines) is 1. The molecule has 4 nitrogen and oxygen atoms in total. The van der Waals surface area contributed by atoms with Gasteiger partial charge in [-0.2, -0.15) is 0 Å². The van der Waals surface area contributed by atoms with E-state index in [2.05, 4.69) is 41.9 Å². The molecule has 1 fully saturated rings. The van der Waals surface area contributed by atoms with Crippen molar-refractivity contribution in [3.05, 3.63) is 65.9 Å². The van der Waals surface area contributed by atoms with E-state index < -0.39 is 0 Å². The van der Waals surface area contributed by atoms with Gasteiger partial charge in [-0.1, -0.05) is 35.9 Å². The van der Waals surface area contributed by atoms with E-state index in [0.717, 1.165) is 31.7 Å². The largest absolute Gasteiger partial charge is 0.484 e. The van der Waals surface area contributed by atoms with Gasteiger partial charge in [-0.3, -0.25) is 4.79 Å². The molecule has 0 bridgehead atoms. The molecule has 27 heavy (non-hydrogen) atoms. The minimum absolute atomic E-state index is 0.0751. The Morgan fingerprint density at radius 2 is 1.78 bits per heavy atom. The van der Waals surface area contributed by atoms with Crippen molar-refractivity contribution in [3.63, 3.8) is 0 Å². The van der Waals surface area contributed by atoms with Crippen LogP contribution in [0.25, 0.3) is 10.9 Å². The minimum Gasteiger partial charge on any atom is -0.484 e. The molecule has 3 aromatic rings. The van der Waals surface area contributed by atoms with Gasteiger partial charge >= 0.3 is 0 Å². The fraction of sp³-hybridized carbons (Fsp3) is 0.348. The highest BCUT2D eigenvalue weighted by Gasteiger charge is 2.26. The number of piperidine rings is 1. The Labute approximate surface area is 160 Å². The van der Waals surface area contributed by atoms with Gasteiger partial charge in [-0.15, -0.1) is 0 Å². The lowest BCUT2D eigenvalue weighted by atomic mass is 9.93. The summed E-state index contributed by atoms with van der Waals surface area (Å²) in [5.41, 5.74) is 3.83. The van der Waals surface area contributed by atoms with Crippen LogP contribution in [0.15, 0.2) is 54.6 Å². The van der Waals surface area contributed by atoms with Crippen LogP contribution >= 0.6 is 0 Å². The molecular weight excluding hydrogens is 336 g/mol. The van der Waals surface area contributed by atoms with Crippen molar-refractivity contribution < 1.29 is 9.53 Å². The highest BCUT2D eigenvalue weighted by molar-refractivity contribution is 5.81.